The van der Waals surface area contributed by atoms with Gasteiger partial charge in [-0.25, -0.2) is 13.2 Å². The normalized spacial score (nSPS) is 18.9. The topological polar surface area (TPSA) is 72.9 Å². The van der Waals surface area contributed by atoms with Gasteiger partial charge in [-0.3, -0.25) is 0 Å². The van der Waals surface area contributed by atoms with Gasteiger partial charge < -0.3 is 14.4 Å². The molecule has 112 valence electrons. The molecule has 0 aromatic rings. The molecule has 0 aliphatic carbocycles. The average molecular weight is 293 g/mol. The molecule has 1 heterocycles. The van der Waals surface area contributed by atoms with Gasteiger partial charge in [-0.15, -0.1) is 0 Å². The van der Waals surface area contributed by atoms with Crippen molar-refractivity contribution in [3.63, 3.8) is 0 Å². The minimum atomic E-state index is -3.16. The zero-order valence-electron chi connectivity index (χ0n) is 12.2. The summed E-state index contributed by atoms with van der Waals surface area (Å²) in [5, 5.41) is 0. The lowest BCUT2D eigenvalue weighted by atomic mass is 9.97. The summed E-state index contributed by atoms with van der Waals surface area (Å²) < 4.78 is 32.5. The van der Waals surface area contributed by atoms with Crippen molar-refractivity contribution >= 4 is 15.9 Å². The Balaban J connectivity index is 2.34. The molecule has 0 radical (unpaired) electrons. The summed E-state index contributed by atoms with van der Waals surface area (Å²) >= 11 is 0. The predicted molar refractivity (Wildman–Crippen MR) is 71.6 cm³/mol. The SMILES string of the molecule is CC(C)(C)COC(=O)N1CC(C)(OCS(C)(=O)=O)C1. The lowest BCUT2D eigenvalue weighted by Crippen LogP contribution is -2.63. The van der Waals surface area contributed by atoms with Crippen LogP contribution in [0.1, 0.15) is 27.7 Å². The third-order valence-electron chi connectivity index (χ3n) is 2.56. The number of ether oxygens (including phenoxy) is 2. The molecule has 0 unspecified atom stereocenters. The highest BCUT2D eigenvalue weighted by Crippen LogP contribution is 2.26. The number of carbonyl (C=O) groups is 1. The van der Waals surface area contributed by atoms with Crippen LogP contribution in [-0.4, -0.2) is 56.9 Å². The summed E-state index contributed by atoms with van der Waals surface area (Å²) in [4.78, 5) is 13.2. The molecule has 0 bridgehead atoms. The fraction of sp³-hybridized carbons (Fsp3) is 0.917. The molecule has 1 amide bonds. The van der Waals surface area contributed by atoms with E-state index in [0.29, 0.717) is 19.7 Å². The smallest absolute Gasteiger partial charge is 0.409 e. The molecule has 7 heteroatoms. The zero-order valence-corrected chi connectivity index (χ0v) is 13.0. The predicted octanol–water partition coefficient (Wildman–Crippen LogP) is 1.26. The summed E-state index contributed by atoms with van der Waals surface area (Å²) in [5.41, 5.74) is -0.666. The lowest BCUT2D eigenvalue weighted by molar-refractivity contribution is -0.110. The van der Waals surface area contributed by atoms with E-state index in [2.05, 4.69) is 0 Å². The Morgan fingerprint density at radius 2 is 1.84 bits per heavy atom. The minimum absolute atomic E-state index is 0.0728. The Bertz CT molecular complexity index is 432. The largest absolute Gasteiger partial charge is 0.449 e. The number of carbonyl (C=O) groups excluding carboxylic acids is 1. The first kappa shape index (κ1) is 16.2. The van der Waals surface area contributed by atoms with Crippen molar-refractivity contribution in [1.29, 1.82) is 0 Å². The molecule has 1 aliphatic heterocycles. The molecule has 0 atom stereocenters. The Kier molecular flexibility index (Phi) is 4.51. The van der Waals surface area contributed by atoms with Crippen LogP contribution in [0.25, 0.3) is 0 Å². The Hall–Kier alpha value is -0.820. The zero-order chi connectivity index (χ0) is 14.9. The highest BCUT2D eigenvalue weighted by Gasteiger charge is 2.43. The van der Waals surface area contributed by atoms with Gasteiger partial charge in [-0.2, -0.15) is 0 Å². The van der Waals surface area contributed by atoms with Gasteiger partial charge >= 0.3 is 6.09 Å². The van der Waals surface area contributed by atoms with E-state index < -0.39 is 15.4 Å². The summed E-state index contributed by atoms with van der Waals surface area (Å²) in [6.45, 7) is 8.78. The third kappa shape index (κ3) is 5.78. The average Bonchev–Trinajstić information content (AvgIpc) is 2.17. The van der Waals surface area contributed by atoms with Crippen LogP contribution < -0.4 is 0 Å². The van der Waals surface area contributed by atoms with Gasteiger partial charge in [0.25, 0.3) is 0 Å². The van der Waals surface area contributed by atoms with Crippen molar-refractivity contribution in [1.82, 2.24) is 4.90 Å². The van der Waals surface area contributed by atoms with Crippen LogP contribution in [0.4, 0.5) is 4.79 Å². The summed E-state index contributed by atoms with van der Waals surface area (Å²) in [6.07, 6.45) is 0.736. The Labute approximate surface area is 115 Å². The van der Waals surface area contributed by atoms with Crippen LogP contribution in [0.15, 0.2) is 0 Å². The van der Waals surface area contributed by atoms with Gasteiger partial charge in [0.1, 0.15) is 11.5 Å². The van der Waals surface area contributed by atoms with Crippen LogP contribution in [0, 0.1) is 5.41 Å². The summed E-state index contributed by atoms with van der Waals surface area (Å²) in [7, 11) is -3.16. The first-order valence-electron chi connectivity index (χ1n) is 6.14. The van der Waals surface area contributed by atoms with Gasteiger partial charge in [0, 0.05) is 6.26 Å². The van der Waals surface area contributed by atoms with Crippen molar-refractivity contribution in [2.45, 2.75) is 33.3 Å². The fourth-order valence-corrected chi connectivity index (χ4v) is 2.10. The molecule has 1 rings (SSSR count). The van der Waals surface area contributed by atoms with E-state index in [1.807, 2.05) is 20.8 Å². The standard InChI is InChI=1S/C12H23NO5S/c1-11(2,3)8-17-10(14)13-6-12(4,7-13)18-9-19(5,15)16/h6-9H2,1-5H3. The van der Waals surface area contributed by atoms with Crippen molar-refractivity contribution < 1.29 is 22.7 Å². The molecule has 1 saturated heterocycles. The van der Waals surface area contributed by atoms with Gasteiger partial charge in [-0.1, -0.05) is 20.8 Å². The fourth-order valence-electron chi connectivity index (χ4n) is 1.60. The van der Waals surface area contributed by atoms with E-state index in [1.54, 1.807) is 6.92 Å². The second-order valence-corrected chi connectivity index (χ2v) is 8.70. The number of sulfone groups is 1. The van der Waals surface area contributed by atoms with Crippen LogP contribution >= 0.6 is 0 Å². The molecule has 0 spiro atoms. The van der Waals surface area contributed by atoms with E-state index in [9.17, 15) is 13.2 Å². The Morgan fingerprint density at radius 3 is 2.26 bits per heavy atom. The molecular weight excluding hydrogens is 270 g/mol. The van der Waals surface area contributed by atoms with Crippen molar-refractivity contribution in [3.8, 4) is 0 Å². The molecule has 0 N–H and O–H groups in total. The van der Waals surface area contributed by atoms with E-state index in [-0.39, 0.29) is 17.4 Å². The quantitative estimate of drug-likeness (QED) is 0.780. The first-order chi connectivity index (χ1) is 8.40. The molecule has 6 nitrogen and oxygen atoms in total. The monoisotopic (exact) mass is 293 g/mol. The number of hydrogen-bond acceptors (Lipinski definition) is 5. The van der Waals surface area contributed by atoms with Gasteiger partial charge in [0.05, 0.1) is 19.7 Å². The van der Waals surface area contributed by atoms with Gasteiger partial charge in [-0.05, 0) is 12.3 Å². The maximum Gasteiger partial charge on any atom is 0.409 e. The van der Waals surface area contributed by atoms with Crippen LogP contribution in [0.5, 0.6) is 0 Å². The summed E-state index contributed by atoms with van der Waals surface area (Å²) in [6, 6.07) is 0. The summed E-state index contributed by atoms with van der Waals surface area (Å²) in [5.74, 6) is -0.325. The molecule has 0 aromatic carbocycles. The second-order valence-electron chi connectivity index (χ2n) is 6.61. The van der Waals surface area contributed by atoms with Gasteiger partial charge in [0.15, 0.2) is 9.84 Å². The molecule has 0 aromatic heterocycles. The number of rotatable bonds is 4. The van der Waals surface area contributed by atoms with E-state index in [4.69, 9.17) is 9.47 Å². The van der Waals surface area contributed by atoms with Crippen LogP contribution in [0.2, 0.25) is 0 Å². The number of amides is 1. The van der Waals surface area contributed by atoms with E-state index in [1.165, 1.54) is 4.90 Å². The minimum Gasteiger partial charge on any atom is -0.449 e. The van der Waals surface area contributed by atoms with Crippen LogP contribution in [-0.2, 0) is 19.3 Å². The van der Waals surface area contributed by atoms with Crippen molar-refractivity contribution in [2.75, 3.05) is 31.9 Å². The lowest BCUT2D eigenvalue weighted by Gasteiger charge is -2.46. The number of nitrogens with zero attached hydrogens (tertiary/aromatic N) is 1. The van der Waals surface area contributed by atoms with Crippen LogP contribution in [0.3, 0.4) is 0 Å². The van der Waals surface area contributed by atoms with Crippen molar-refractivity contribution in [3.05, 3.63) is 0 Å². The molecular formula is C12H23NO5S. The first-order valence-corrected chi connectivity index (χ1v) is 8.20. The third-order valence-corrected chi connectivity index (χ3v) is 3.10. The van der Waals surface area contributed by atoms with Crippen molar-refractivity contribution in [2.24, 2.45) is 5.41 Å². The molecule has 0 saturated carbocycles. The van der Waals surface area contributed by atoms with E-state index >= 15 is 0 Å². The van der Waals surface area contributed by atoms with Gasteiger partial charge in [0.2, 0.25) is 0 Å². The Morgan fingerprint density at radius 1 is 1.32 bits per heavy atom. The molecule has 19 heavy (non-hydrogen) atoms. The number of hydrogen-bond donors (Lipinski definition) is 0. The molecule has 1 aliphatic rings. The molecule has 1 fully saturated rings. The van der Waals surface area contributed by atoms with E-state index in [0.717, 1.165) is 6.26 Å². The maximum atomic E-state index is 11.7. The number of likely N-dealkylation sites (tertiary alicyclic amines) is 1. The highest BCUT2D eigenvalue weighted by molar-refractivity contribution is 7.90. The second kappa shape index (κ2) is 5.28. The highest BCUT2D eigenvalue weighted by atomic mass is 32.2. The maximum absolute atomic E-state index is 11.7.